The molecule has 2 aromatic rings. The van der Waals surface area contributed by atoms with Crippen molar-refractivity contribution >= 4 is 27.5 Å². The molecule has 1 N–H and O–H groups in total. The van der Waals surface area contributed by atoms with Gasteiger partial charge < -0.3 is 5.11 Å². The van der Waals surface area contributed by atoms with Crippen molar-refractivity contribution in [2.75, 3.05) is 6.61 Å². The molecule has 2 aromatic carbocycles. The molecule has 1 nitrogen and oxygen atoms in total. The van der Waals surface area contributed by atoms with Crippen LogP contribution in [0.15, 0.2) is 46.9 Å². The Morgan fingerprint density at radius 2 is 2.00 bits per heavy atom. The third-order valence-electron chi connectivity index (χ3n) is 3.01. The topological polar surface area (TPSA) is 20.2 Å². The lowest BCUT2D eigenvalue weighted by atomic mass is 9.93. The van der Waals surface area contributed by atoms with Crippen molar-refractivity contribution in [3.05, 3.63) is 68.9 Å². The molecule has 0 aromatic heterocycles. The molecule has 0 radical (unpaired) electrons. The average molecular weight is 344 g/mol. The molecule has 0 fully saturated rings. The van der Waals surface area contributed by atoms with E-state index in [1.54, 1.807) is 12.1 Å². The Labute approximate surface area is 125 Å². The van der Waals surface area contributed by atoms with Gasteiger partial charge in [0.2, 0.25) is 0 Å². The zero-order valence-corrected chi connectivity index (χ0v) is 12.5. The zero-order chi connectivity index (χ0) is 13.8. The predicted molar refractivity (Wildman–Crippen MR) is 79.1 cm³/mol. The second-order valence-electron chi connectivity index (χ2n) is 4.39. The molecule has 0 saturated heterocycles. The minimum absolute atomic E-state index is 0.0287. The second-order valence-corrected chi connectivity index (χ2v) is 5.71. The largest absolute Gasteiger partial charge is 0.396 e. The van der Waals surface area contributed by atoms with Gasteiger partial charge in [0.25, 0.3) is 0 Å². The SMILES string of the molecule is OCC(Cc1ccc(F)c(Cl)c1)c1cccc(Br)c1. The normalized spacial score (nSPS) is 12.4. The van der Waals surface area contributed by atoms with Gasteiger partial charge >= 0.3 is 0 Å². The van der Waals surface area contributed by atoms with E-state index in [1.807, 2.05) is 24.3 Å². The third-order valence-corrected chi connectivity index (χ3v) is 3.79. The predicted octanol–water partition coefficient (Wildman–Crippen LogP) is 4.56. The average Bonchev–Trinajstić information content (AvgIpc) is 2.40. The van der Waals surface area contributed by atoms with Gasteiger partial charge in [0, 0.05) is 10.4 Å². The van der Waals surface area contributed by atoms with Crippen molar-refractivity contribution in [2.24, 2.45) is 0 Å². The van der Waals surface area contributed by atoms with E-state index in [-0.39, 0.29) is 17.5 Å². The van der Waals surface area contributed by atoms with E-state index in [2.05, 4.69) is 15.9 Å². The van der Waals surface area contributed by atoms with Crippen LogP contribution in [0.2, 0.25) is 5.02 Å². The summed E-state index contributed by atoms with van der Waals surface area (Å²) in [6.45, 7) is 0.0332. The fraction of sp³-hybridized carbons (Fsp3) is 0.200. The lowest BCUT2D eigenvalue weighted by molar-refractivity contribution is 0.264. The maximum atomic E-state index is 13.1. The lowest BCUT2D eigenvalue weighted by Crippen LogP contribution is -2.08. The fourth-order valence-corrected chi connectivity index (χ4v) is 2.62. The fourth-order valence-electron chi connectivity index (χ4n) is 2.00. The highest BCUT2D eigenvalue weighted by molar-refractivity contribution is 9.10. The standard InChI is InChI=1S/C15H13BrClFO/c16-13-3-1-2-11(8-13)12(9-19)6-10-4-5-15(18)14(17)7-10/h1-5,7-8,12,19H,6,9H2. The summed E-state index contributed by atoms with van der Waals surface area (Å²) in [7, 11) is 0. The first-order chi connectivity index (χ1) is 9.10. The molecule has 1 unspecified atom stereocenters. The van der Waals surface area contributed by atoms with Gasteiger partial charge in [-0.25, -0.2) is 4.39 Å². The number of hydrogen-bond acceptors (Lipinski definition) is 1. The highest BCUT2D eigenvalue weighted by Gasteiger charge is 2.12. The van der Waals surface area contributed by atoms with Crippen molar-refractivity contribution < 1.29 is 9.50 Å². The van der Waals surface area contributed by atoms with Crippen LogP contribution in [-0.2, 0) is 6.42 Å². The first kappa shape index (κ1) is 14.5. The summed E-state index contributed by atoms with van der Waals surface area (Å²) in [5.74, 6) is -0.451. The second kappa shape index (κ2) is 6.51. The van der Waals surface area contributed by atoms with Crippen LogP contribution in [-0.4, -0.2) is 11.7 Å². The van der Waals surface area contributed by atoms with E-state index in [1.165, 1.54) is 6.07 Å². The minimum Gasteiger partial charge on any atom is -0.396 e. The Balaban J connectivity index is 2.21. The third kappa shape index (κ3) is 3.78. The maximum Gasteiger partial charge on any atom is 0.141 e. The van der Waals surface area contributed by atoms with E-state index >= 15 is 0 Å². The molecule has 0 aliphatic carbocycles. The molecule has 100 valence electrons. The quantitative estimate of drug-likeness (QED) is 0.863. The van der Waals surface area contributed by atoms with Gasteiger partial charge in [0.05, 0.1) is 11.6 Å². The smallest absolute Gasteiger partial charge is 0.141 e. The summed E-state index contributed by atoms with van der Waals surface area (Å²) in [6, 6.07) is 12.5. The Hall–Kier alpha value is -0.900. The van der Waals surface area contributed by atoms with Gasteiger partial charge in [0.15, 0.2) is 0 Å². The van der Waals surface area contributed by atoms with E-state index in [9.17, 15) is 9.50 Å². The van der Waals surface area contributed by atoms with E-state index in [0.29, 0.717) is 6.42 Å². The van der Waals surface area contributed by atoms with Crippen LogP contribution >= 0.6 is 27.5 Å². The summed E-state index contributed by atoms with van der Waals surface area (Å²) in [4.78, 5) is 0. The van der Waals surface area contributed by atoms with Crippen LogP contribution in [0.5, 0.6) is 0 Å². The van der Waals surface area contributed by atoms with Crippen LogP contribution in [0.1, 0.15) is 17.0 Å². The van der Waals surface area contributed by atoms with Gasteiger partial charge in [-0.1, -0.05) is 45.7 Å². The van der Waals surface area contributed by atoms with Crippen LogP contribution < -0.4 is 0 Å². The molecule has 19 heavy (non-hydrogen) atoms. The highest BCUT2D eigenvalue weighted by Crippen LogP contribution is 2.25. The summed E-state index contributed by atoms with van der Waals surface area (Å²) in [5, 5.41) is 9.65. The van der Waals surface area contributed by atoms with Crippen LogP contribution in [0, 0.1) is 5.82 Å². The number of aliphatic hydroxyl groups is 1. The first-order valence-corrected chi connectivity index (χ1v) is 7.07. The zero-order valence-electron chi connectivity index (χ0n) is 10.1. The molecular weight excluding hydrogens is 331 g/mol. The van der Waals surface area contributed by atoms with Crippen molar-refractivity contribution in [1.29, 1.82) is 0 Å². The Kier molecular flexibility index (Phi) is 4.97. The molecule has 1 atom stereocenters. The maximum absolute atomic E-state index is 13.1. The Morgan fingerprint density at radius 1 is 1.21 bits per heavy atom. The van der Waals surface area contributed by atoms with Crippen molar-refractivity contribution in [3.8, 4) is 0 Å². The Bertz CT molecular complexity index is 574. The summed E-state index contributed by atoms with van der Waals surface area (Å²) in [5.41, 5.74) is 1.95. The summed E-state index contributed by atoms with van der Waals surface area (Å²) < 4.78 is 14.1. The van der Waals surface area contributed by atoms with Crippen LogP contribution in [0.3, 0.4) is 0 Å². The summed E-state index contributed by atoms with van der Waals surface area (Å²) >= 11 is 9.18. The van der Waals surface area contributed by atoms with Gasteiger partial charge in [-0.3, -0.25) is 0 Å². The highest BCUT2D eigenvalue weighted by atomic mass is 79.9. The van der Waals surface area contributed by atoms with Gasteiger partial charge in [-0.2, -0.15) is 0 Å². The van der Waals surface area contributed by atoms with Crippen molar-refractivity contribution in [1.82, 2.24) is 0 Å². The molecule has 0 aliphatic rings. The molecular formula is C15H13BrClFO. The molecule has 0 heterocycles. The van der Waals surface area contributed by atoms with E-state index < -0.39 is 5.82 Å². The first-order valence-electron chi connectivity index (χ1n) is 5.90. The number of rotatable bonds is 4. The van der Waals surface area contributed by atoms with Crippen molar-refractivity contribution in [2.45, 2.75) is 12.3 Å². The molecule has 0 aliphatic heterocycles. The summed E-state index contributed by atoms with van der Waals surface area (Å²) in [6.07, 6.45) is 0.618. The van der Waals surface area contributed by atoms with Gasteiger partial charge in [-0.15, -0.1) is 0 Å². The molecule has 0 saturated carbocycles. The molecule has 0 bridgehead atoms. The number of aliphatic hydroxyl groups excluding tert-OH is 1. The Morgan fingerprint density at radius 3 is 2.63 bits per heavy atom. The lowest BCUT2D eigenvalue weighted by Gasteiger charge is -2.15. The molecule has 4 heteroatoms. The van der Waals surface area contributed by atoms with Gasteiger partial charge in [-0.05, 0) is 41.8 Å². The molecule has 0 amide bonds. The molecule has 0 spiro atoms. The van der Waals surface area contributed by atoms with Gasteiger partial charge in [0.1, 0.15) is 5.82 Å². The minimum atomic E-state index is -0.423. The van der Waals surface area contributed by atoms with E-state index in [0.717, 1.165) is 15.6 Å². The number of halogens is 3. The van der Waals surface area contributed by atoms with Crippen molar-refractivity contribution in [3.63, 3.8) is 0 Å². The van der Waals surface area contributed by atoms with Crippen LogP contribution in [0.4, 0.5) is 4.39 Å². The number of hydrogen-bond donors (Lipinski definition) is 1. The molecule has 2 rings (SSSR count). The monoisotopic (exact) mass is 342 g/mol. The number of benzene rings is 2. The van der Waals surface area contributed by atoms with E-state index in [4.69, 9.17) is 11.6 Å². The van der Waals surface area contributed by atoms with Crippen LogP contribution in [0.25, 0.3) is 0 Å².